The summed E-state index contributed by atoms with van der Waals surface area (Å²) in [5, 5.41) is 42.5. The van der Waals surface area contributed by atoms with Crippen molar-refractivity contribution in [2.24, 2.45) is 0 Å². The van der Waals surface area contributed by atoms with Crippen molar-refractivity contribution >= 4 is 28.7 Å². The number of aliphatic hydroxyl groups is 3. The van der Waals surface area contributed by atoms with Gasteiger partial charge in [-0.25, -0.2) is 23.4 Å². The second-order valence-electron chi connectivity index (χ2n) is 9.09. The molecule has 0 unspecified atom stereocenters. The first-order valence-corrected chi connectivity index (χ1v) is 13.0. The average Bonchev–Trinajstić information content (AvgIpc) is 3.41. The highest BCUT2D eigenvalue weighted by molar-refractivity contribution is 7.99. The van der Waals surface area contributed by atoms with E-state index in [0.29, 0.717) is 27.7 Å². The Balaban J connectivity index is 1.43. The summed E-state index contributed by atoms with van der Waals surface area (Å²) in [6.45, 7) is 1.91. The third-order valence-electron chi connectivity index (χ3n) is 6.56. The fourth-order valence-corrected chi connectivity index (χ4v) is 5.31. The zero-order valence-electron chi connectivity index (χ0n) is 19.6. The summed E-state index contributed by atoms with van der Waals surface area (Å²) >= 11 is 1.48. The third kappa shape index (κ3) is 4.90. The molecule has 0 aliphatic heterocycles. The smallest absolute Gasteiger partial charge is 0.191 e. The SMILES string of the molecule is CCCSc1nc(N[C@H]2C[C@H]2c2ccc(F)c(F)c2)c2nnn([C@@H]3C[C@H](OCCO)[C@@H](O)[C@H]3O)c2n1. The molecule has 2 aliphatic rings. The third-order valence-corrected chi connectivity index (χ3v) is 7.61. The standard InChI is InChI=1S/C23H28F2N6O4S/c1-2-7-36-23-27-21(26-15-9-12(15)11-3-4-13(24)14(25)8-11)18-22(28-23)31(30-29-18)16-10-17(35-6-5-32)20(34)19(16)33/h3-4,8,12,15-17,19-20,32-34H,2,5-7,9-10H2,1H3,(H,26,27,28)/t12-,15-,16+,17-,19-,20+/m0/s1. The van der Waals surface area contributed by atoms with E-state index in [2.05, 4.69) is 32.5 Å². The number of nitrogens with one attached hydrogen (secondary N) is 1. The van der Waals surface area contributed by atoms with Gasteiger partial charge in [-0.3, -0.25) is 0 Å². The number of hydrogen-bond acceptors (Lipinski definition) is 10. The number of aromatic nitrogens is 5. The summed E-state index contributed by atoms with van der Waals surface area (Å²) in [7, 11) is 0. The fraction of sp³-hybridized carbons (Fsp3) is 0.565. The van der Waals surface area contributed by atoms with E-state index in [9.17, 15) is 19.0 Å². The Bertz CT molecular complexity index is 1230. The van der Waals surface area contributed by atoms with Gasteiger partial charge in [0.2, 0.25) is 0 Å². The molecule has 13 heteroatoms. The maximum atomic E-state index is 13.7. The Labute approximate surface area is 210 Å². The van der Waals surface area contributed by atoms with Crippen LogP contribution in [0, 0.1) is 11.6 Å². The van der Waals surface area contributed by atoms with Crippen molar-refractivity contribution < 1.29 is 28.8 Å². The first-order valence-electron chi connectivity index (χ1n) is 12.0. The van der Waals surface area contributed by atoms with Crippen LogP contribution in [0.15, 0.2) is 23.4 Å². The molecular formula is C23H28F2N6O4S. The Kier molecular flexibility index (Phi) is 7.35. The number of hydrogen-bond donors (Lipinski definition) is 4. The molecule has 0 bridgehead atoms. The van der Waals surface area contributed by atoms with Crippen LogP contribution in [0.3, 0.4) is 0 Å². The molecule has 2 saturated carbocycles. The number of halogens is 2. The minimum Gasteiger partial charge on any atom is -0.394 e. The van der Waals surface area contributed by atoms with E-state index in [4.69, 9.17) is 9.84 Å². The van der Waals surface area contributed by atoms with E-state index in [1.165, 1.54) is 22.5 Å². The van der Waals surface area contributed by atoms with Crippen LogP contribution in [0.25, 0.3) is 11.2 Å². The number of nitrogens with zero attached hydrogens (tertiary/aromatic N) is 5. The molecule has 0 saturated heterocycles. The molecule has 194 valence electrons. The number of benzene rings is 1. The van der Waals surface area contributed by atoms with E-state index in [1.807, 2.05) is 0 Å². The maximum Gasteiger partial charge on any atom is 0.191 e. The Morgan fingerprint density at radius 1 is 1.17 bits per heavy atom. The Hall–Kier alpha value is -2.45. The topological polar surface area (TPSA) is 138 Å². The van der Waals surface area contributed by atoms with E-state index < -0.39 is 36.0 Å². The van der Waals surface area contributed by atoms with Crippen LogP contribution in [0.2, 0.25) is 0 Å². The number of anilines is 1. The van der Waals surface area contributed by atoms with Crippen LogP contribution in [-0.4, -0.2) is 83.6 Å². The van der Waals surface area contributed by atoms with Crippen molar-refractivity contribution in [3.8, 4) is 0 Å². The quantitative estimate of drug-likeness (QED) is 0.231. The number of thioether (sulfide) groups is 1. The Morgan fingerprint density at radius 3 is 2.75 bits per heavy atom. The Morgan fingerprint density at radius 2 is 2.00 bits per heavy atom. The lowest BCUT2D eigenvalue weighted by Crippen LogP contribution is -2.33. The molecule has 4 N–H and O–H groups in total. The normalized spacial score (nSPS) is 27.6. The number of ether oxygens (including phenoxy) is 1. The lowest BCUT2D eigenvalue weighted by molar-refractivity contribution is -0.0629. The lowest BCUT2D eigenvalue weighted by Gasteiger charge is -2.17. The minimum absolute atomic E-state index is 0.00291. The van der Waals surface area contributed by atoms with Crippen LogP contribution in [0.5, 0.6) is 0 Å². The molecule has 10 nitrogen and oxygen atoms in total. The average molecular weight is 523 g/mol. The molecule has 2 heterocycles. The van der Waals surface area contributed by atoms with Gasteiger partial charge in [0.1, 0.15) is 12.2 Å². The van der Waals surface area contributed by atoms with Gasteiger partial charge in [0.05, 0.1) is 25.4 Å². The second kappa shape index (κ2) is 10.5. The molecule has 6 atom stereocenters. The van der Waals surface area contributed by atoms with Crippen LogP contribution < -0.4 is 5.32 Å². The summed E-state index contributed by atoms with van der Waals surface area (Å²) in [6.07, 6.45) is -1.04. The van der Waals surface area contributed by atoms with Gasteiger partial charge in [-0.1, -0.05) is 30.0 Å². The van der Waals surface area contributed by atoms with Crippen LogP contribution in [0.4, 0.5) is 14.6 Å². The maximum absolute atomic E-state index is 13.7. The predicted octanol–water partition coefficient (Wildman–Crippen LogP) is 2.01. The zero-order valence-corrected chi connectivity index (χ0v) is 20.4. The summed E-state index contributed by atoms with van der Waals surface area (Å²) in [5.41, 5.74) is 1.53. The van der Waals surface area contributed by atoms with Crippen molar-refractivity contribution in [1.82, 2.24) is 25.0 Å². The van der Waals surface area contributed by atoms with E-state index >= 15 is 0 Å². The second-order valence-corrected chi connectivity index (χ2v) is 10.2. The summed E-state index contributed by atoms with van der Waals surface area (Å²) < 4.78 is 34.0. The van der Waals surface area contributed by atoms with Crippen molar-refractivity contribution in [3.05, 3.63) is 35.4 Å². The molecule has 2 fully saturated rings. The zero-order chi connectivity index (χ0) is 25.4. The number of aliphatic hydroxyl groups excluding tert-OH is 3. The first-order chi connectivity index (χ1) is 17.4. The van der Waals surface area contributed by atoms with Gasteiger partial charge in [-0.15, -0.1) is 5.10 Å². The molecule has 5 rings (SSSR count). The minimum atomic E-state index is -1.15. The number of fused-ring (bicyclic) bond motifs is 1. The van der Waals surface area contributed by atoms with Crippen molar-refractivity contribution in [2.75, 3.05) is 24.3 Å². The molecular weight excluding hydrogens is 494 g/mol. The molecule has 1 aromatic carbocycles. The molecule has 0 amide bonds. The lowest BCUT2D eigenvalue weighted by atomic mass is 10.1. The highest BCUT2D eigenvalue weighted by Gasteiger charge is 2.45. The van der Waals surface area contributed by atoms with E-state index in [-0.39, 0.29) is 31.6 Å². The number of rotatable bonds is 10. The van der Waals surface area contributed by atoms with Gasteiger partial charge in [0, 0.05) is 24.1 Å². The predicted molar refractivity (Wildman–Crippen MR) is 128 cm³/mol. The van der Waals surface area contributed by atoms with Gasteiger partial charge < -0.3 is 25.4 Å². The molecule has 2 aliphatic carbocycles. The fourth-order valence-electron chi connectivity index (χ4n) is 4.61. The van der Waals surface area contributed by atoms with Crippen molar-refractivity contribution in [3.63, 3.8) is 0 Å². The molecule has 3 aromatic rings. The molecule has 2 aromatic heterocycles. The van der Waals surface area contributed by atoms with Gasteiger partial charge >= 0.3 is 0 Å². The highest BCUT2D eigenvalue weighted by atomic mass is 32.2. The van der Waals surface area contributed by atoms with Crippen LogP contribution >= 0.6 is 11.8 Å². The van der Waals surface area contributed by atoms with Crippen molar-refractivity contribution in [2.45, 2.75) is 67.7 Å². The molecule has 0 spiro atoms. The van der Waals surface area contributed by atoms with Crippen molar-refractivity contribution in [1.29, 1.82) is 0 Å². The van der Waals surface area contributed by atoms with E-state index in [1.54, 1.807) is 6.07 Å². The summed E-state index contributed by atoms with van der Waals surface area (Å²) in [6, 6.07) is 3.26. The molecule has 36 heavy (non-hydrogen) atoms. The van der Waals surface area contributed by atoms with Gasteiger partial charge in [-0.05, 0) is 30.5 Å². The van der Waals surface area contributed by atoms with E-state index in [0.717, 1.165) is 24.7 Å². The molecule has 0 radical (unpaired) electrons. The summed E-state index contributed by atoms with van der Waals surface area (Å²) in [5.74, 6) is -0.472. The van der Waals surface area contributed by atoms with Crippen LogP contribution in [-0.2, 0) is 4.74 Å². The monoisotopic (exact) mass is 522 g/mol. The van der Waals surface area contributed by atoms with Gasteiger partial charge in [0.15, 0.2) is 33.8 Å². The van der Waals surface area contributed by atoms with Gasteiger partial charge in [-0.2, -0.15) is 0 Å². The summed E-state index contributed by atoms with van der Waals surface area (Å²) in [4.78, 5) is 9.27. The largest absolute Gasteiger partial charge is 0.394 e. The van der Waals surface area contributed by atoms with Crippen LogP contribution in [0.1, 0.15) is 43.7 Å². The van der Waals surface area contributed by atoms with Gasteiger partial charge in [0.25, 0.3) is 0 Å². The highest BCUT2D eigenvalue weighted by Crippen LogP contribution is 2.44. The first kappa shape index (κ1) is 25.2.